The van der Waals surface area contributed by atoms with E-state index >= 15 is 0 Å². The molecule has 296 valence electrons. The Kier molecular flexibility index (Phi) is 11.1. The van der Waals surface area contributed by atoms with E-state index in [4.69, 9.17) is 23.7 Å². The van der Waals surface area contributed by atoms with E-state index in [0.29, 0.717) is 30.6 Å². The van der Waals surface area contributed by atoms with Gasteiger partial charge in [-0.2, -0.15) is 0 Å². The van der Waals surface area contributed by atoms with Gasteiger partial charge in [-0.3, -0.25) is 4.79 Å². The summed E-state index contributed by atoms with van der Waals surface area (Å²) in [6.07, 6.45) is -3.71. The van der Waals surface area contributed by atoms with Gasteiger partial charge in [0, 0.05) is 11.8 Å². The highest BCUT2D eigenvalue weighted by atomic mass is 16.8. The van der Waals surface area contributed by atoms with Crippen molar-refractivity contribution in [3.05, 3.63) is 11.6 Å². The Balaban J connectivity index is 1.02. The van der Waals surface area contributed by atoms with Gasteiger partial charge >= 0.3 is 0 Å². The summed E-state index contributed by atoms with van der Waals surface area (Å²) in [4.78, 5) is 14.0. The van der Waals surface area contributed by atoms with E-state index in [-0.39, 0.29) is 46.6 Å². The first-order chi connectivity index (χ1) is 24.6. The van der Waals surface area contributed by atoms with E-state index < -0.39 is 74.3 Å². The van der Waals surface area contributed by atoms with Crippen molar-refractivity contribution in [1.82, 2.24) is 0 Å². The predicted molar refractivity (Wildman–Crippen MR) is 184 cm³/mol. The summed E-state index contributed by atoms with van der Waals surface area (Å²) in [5, 5.41) is 71.6. The highest BCUT2D eigenvalue weighted by Crippen LogP contribution is 2.67. The standard InChI is InChI=1S/C39H62O13/c1-17-6-9-27(50-35(17)52-36-33(46)31(44)29(42)19(3)48-36)18(2)22-7-8-23-21-15-26(41)25-14-20(10-12-39(25,5)24(21)11-13-38(22,23)4)49-37-34(47)32(45)30(43)28(16-40)51-37/h15,17-20,22-25,27-37,40,42-47H,6-14,16H2,1-5H3/t17-,18+,19?,20+,22?,23?,24?,25?,27?,28?,29?,30?,31?,32?,33?,34?,35?,36?,37?,38-,39-/m1/s1. The van der Waals surface area contributed by atoms with Crippen LogP contribution in [-0.4, -0.2) is 128 Å². The molecule has 7 aliphatic rings. The molecule has 0 amide bonds. The number of ketones is 1. The lowest BCUT2D eigenvalue weighted by Crippen LogP contribution is -2.60. The molecule has 6 fully saturated rings. The zero-order chi connectivity index (χ0) is 37.4. The van der Waals surface area contributed by atoms with Gasteiger partial charge in [-0.05, 0) is 105 Å². The number of rotatable bonds is 7. The SMILES string of the molecule is CC1OC(OC2OC([C@@H](C)C3CCC4C5=CC(=O)C6C[C@@H](OC7OC(CO)C(O)C(O)C7O)CC[C@]6(C)C5CC[C@@]43C)CC[C@H]2C)C(O)C(O)C1O. The molecule has 7 N–H and O–H groups in total. The second kappa shape index (κ2) is 14.8. The van der Waals surface area contributed by atoms with Gasteiger partial charge in [0.2, 0.25) is 0 Å². The molecular formula is C39H62O13. The van der Waals surface area contributed by atoms with Gasteiger partial charge in [0.25, 0.3) is 0 Å². The number of carbonyl (C=O) groups excluding carboxylic acids is 1. The average molecular weight is 739 g/mol. The quantitative estimate of drug-likeness (QED) is 0.198. The van der Waals surface area contributed by atoms with Crippen molar-refractivity contribution in [2.75, 3.05) is 6.61 Å². The fourth-order valence-corrected chi connectivity index (χ4v) is 11.7. The van der Waals surface area contributed by atoms with Crippen LogP contribution in [0.5, 0.6) is 0 Å². The zero-order valence-electron chi connectivity index (χ0n) is 31.2. The zero-order valence-corrected chi connectivity index (χ0v) is 31.2. The molecule has 0 radical (unpaired) electrons. The Morgan fingerprint density at radius 2 is 1.38 bits per heavy atom. The van der Waals surface area contributed by atoms with E-state index in [9.17, 15) is 40.5 Å². The summed E-state index contributed by atoms with van der Waals surface area (Å²) in [5.41, 5.74) is 1.09. The highest BCUT2D eigenvalue weighted by molar-refractivity contribution is 5.94. The molecule has 7 rings (SSSR count). The van der Waals surface area contributed by atoms with Gasteiger partial charge in [-0.15, -0.1) is 0 Å². The Morgan fingerprint density at radius 3 is 2.10 bits per heavy atom. The molecule has 3 saturated heterocycles. The number of aliphatic hydroxyl groups is 7. The predicted octanol–water partition coefficient (Wildman–Crippen LogP) is 1.55. The maximum atomic E-state index is 14.0. The minimum absolute atomic E-state index is 0.00970. The van der Waals surface area contributed by atoms with Crippen molar-refractivity contribution in [3.63, 3.8) is 0 Å². The molecule has 3 heterocycles. The average Bonchev–Trinajstić information content (AvgIpc) is 3.48. The van der Waals surface area contributed by atoms with E-state index in [1.165, 1.54) is 5.57 Å². The van der Waals surface area contributed by atoms with Gasteiger partial charge < -0.3 is 59.4 Å². The Labute approximate surface area is 306 Å². The van der Waals surface area contributed by atoms with Crippen molar-refractivity contribution in [2.24, 2.45) is 46.3 Å². The molecule has 0 aromatic heterocycles. The monoisotopic (exact) mass is 738 g/mol. The summed E-state index contributed by atoms with van der Waals surface area (Å²) < 4.78 is 30.3. The molecule has 3 aliphatic heterocycles. The molecular weight excluding hydrogens is 676 g/mol. The number of allylic oxidation sites excluding steroid dienone is 2. The van der Waals surface area contributed by atoms with Crippen LogP contribution in [0.3, 0.4) is 0 Å². The van der Waals surface area contributed by atoms with Gasteiger partial charge in [-0.1, -0.05) is 33.3 Å². The lowest BCUT2D eigenvalue weighted by Gasteiger charge is -2.57. The number of fused-ring (bicyclic) bond motifs is 5. The summed E-state index contributed by atoms with van der Waals surface area (Å²) >= 11 is 0. The Morgan fingerprint density at radius 1 is 0.731 bits per heavy atom. The molecule has 16 unspecified atom stereocenters. The molecule has 13 heteroatoms. The molecule has 3 saturated carbocycles. The van der Waals surface area contributed by atoms with Crippen LogP contribution in [0.15, 0.2) is 11.6 Å². The van der Waals surface area contributed by atoms with Crippen LogP contribution in [0, 0.1) is 46.3 Å². The topological polar surface area (TPSA) is 205 Å². The highest BCUT2D eigenvalue weighted by Gasteiger charge is 2.61. The first-order valence-electron chi connectivity index (χ1n) is 19.8. The molecule has 4 aliphatic carbocycles. The van der Waals surface area contributed by atoms with Crippen molar-refractivity contribution in [3.8, 4) is 0 Å². The van der Waals surface area contributed by atoms with Crippen molar-refractivity contribution in [1.29, 1.82) is 0 Å². The van der Waals surface area contributed by atoms with Crippen LogP contribution < -0.4 is 0 Å². The normalized spacial score (nSPS) is 54.5. The van der Waals surface area contributed by atoms with Gasteiger partial charge in [0.15, 0.2) is 24.7 Å². The number of hydrogen-bond acceptors (Lipinski definition) is 13. The van der Waals surface area contributed by atoms with Crippen LogP contribution in [0.4, 0.5) is 0 Å². The van der Waals surface area contributed by atoms with E-state index in [1.54, 1.807) is 6.92 Å². The van der Waals surface area contributed by atoms with Gasteiger partial charge in [0.1, 0.15) is 42.7 Å². The number of carbonyl (C=O) groups is 1. The molecule has 21 atom stereocenters. The van der Waals surface area contributed by atoms with E-state index in [2.05, 4.69) is 27.7 Å². The summed E-state index contributed by atoms with van der Waals surface area (Å²) in [5.74, 6) is 1.16. The second-order valence-electron chi connectivity index (χ2n) is 17.9. The van der Waals surface area contributed by atoms with Crippen LogP contribution in [0.2, 0.25) is 0 Å². The molecule has 0 aromatic rings. The van der Waals surface area contributed by atoms with Gasteiger partial charge in [-0.25, -0.2) is 0 Å². The molecule has 0 aromatic carbocycles. The minimum atomic E-state index is -1.51. The van der Waals surface area contributed by atoms with Crippen molar-refractivity contribution >= 4 is 5.78 Å². The lowest BCUT2D eigenvalue weighted by atomic mass is 9.47. The molecule has 0 spiro atoms. The van der Waals surface area contributed by atoms with E-state index in [0.717, 1.165) is 44.9 Å². The van der Waals surface area contributed by atoms with Crippen LogP contribution in [0.25, 0.3) is 0 Å². The molecule has 13 nitrogen and oxygen atoms in total. The minimum Gasteiger partial charge on any atom is -0.394 e. The first kappa shape index (κ1) is 39.2. The fourth-order valence-electron chi connectivity index (χ4n) is 11.7. The fraction of sp³-hybridized carbons (Fsp3) is 0.923. The van der Waals surface area contributed by atoms with Crippen LogP contribution >= 0.6 is 0 Å². The number of hydrogen-bond donors (Lipinski definition) is 7. The summed E-state index contributed by atoms with van der Waals surface area (Å²) in [6.45, 7) is 10.1. The third-order valence-corrected chi connectivity index (χ3v) is 15.1. The third kappa shape index (κ3) is 6.56. The summed E-state index contributed by atoms with van der Waals surface area (Å²) in [6, 6.07) is 0. The van der Waals surface area contributed by atoms with Crippen LogP contribution in [0.1, 0.15) is 92.4 Å². The van der Waals surface area contributed by atoms with Crippen molar-refractivity contribution in [2.45, 2.75) is 172 Å². The van der Waals surface area contributed by atoms with Crippen LogP contribution in [-0.2, 0) is 28.5 Å². The maximum absolute atomic E-state index is 14.0. The molecule has 0 bridgehead atoms. The molecule has 52 heavy (non-hydrogen) atoms. The van der Waals surface area contributed by atoms with E-state index in [1.807, 2.05) is 6.08 Å². The summed E-state index contributed by atoms with van der Waals surface area (Å²) in [7, 11) is 0. The lowest BCUT2D eigenvalue weighted by molar-refractivity contribution is -0.352. The maximum Gasteiger partial charge on any atom is 0.189 e. The third-order valence-electron chi connectivity index (χ3n) is 15.1. The van der Waals surface area contributed by atoms with Crippen molar-refractivity contribution < 1.29 is 64.2 Å². The number of ether oxygens (including phenoxy) is 5. The largest absolute Gasteiger partial charge is 0.394 e. The first-order valence-corrected chi connectivity index (χ1v) is 19.8. The number of aliphatic hydroxyl groups excluding tert-OH is 7. The smallest absolute Gasteiger partial charge is 0.189 e. The van der Waals surface area contributed by atoms with Gasteiger partial charge in [0.05, 0.1) is 24.9 Å². The second-order valence-corrected chi connectivity index (χ2v) is 17.9. The Hall–Kier alpha value is -1.07. The Bertz CT molecular complexity index is 1330.